The molecule has 142 valence electrons. The predicted molar refractivity (Wildman–Crippen MR) is 115 cm³/mol. The third-order valence-corrected chi connectivity index (χ3v) is 4.07. The molecule has 5 nitrogen and oxygen atoms in total. The Morgan fingerprint density at radius 2 is 1.39 bits per heavy atom. The number of rotatable bonds is 4. The van der Waals surface area contributed by atoms with Gasteiger partial charge in [0, 0.05) is 21.7 Å². The molecule has 0 aliphatic rings. The molecular weight excluding hydrogens is 373 g/mol. The minimum Gasteiger partial charge on any atom is -0.324 e. The molecule has 1 heterocycles. The van der Waals surface area contributed by atoms with Gasteiger partial charge in [-0.25, -0.2) is 0 Å². The van der Waals surface area contributed by atoms with Crippen LogP contribution in [0.4, 0.5) is 27.7 Å². The van der Waals surface area contributed by atoms with Crippen molar-refractivity contribution in [3.05, 3.63) is 72.8 Å². The summed E-state index contributed by atoms with van der Waals surface area (Å²) in [5.41, 5.74) is 1.52. The topological polar surface area (TPSA) is 62.7 Å². The van der Waals surface area contributed by atoms with Crippen LogP contribution in [0.5, 0.6) is 0 Å². The van der Waals surface area contributed by atoms with E-state index in [4.69, 9.17) is 0 Å². The molecule has 4 aromatic rings. The lowest BCUT2D eigenvalue weighted by atomic mass is 10.1. The summed E-state index contributed by atoms with van der Waals surface area (Å²) in [6, 6.07) is 21.0. The van der Waals surface area contributed by atoms with E-state index in [-0.39, 0.29) is 11.9 Å². The summed E-state index contributed by atoms with van der Waals surface area (Å²) in [6.07, 6.45) is -0.865. The van der Waals surface area contributed by atoms with Gasteiger partial charge in [-0.05, 0) is 35.7 Å². The molecule has 4 rings (SSSR count). The molecule has 7 heteroatoms. The lowest BCUT2D eigenvalue weighted by Crippen LogP contribution is -2.06. The Balaban J connectivity index is 0.00000109. The number of nitrogens with one attached hydrogen (secondary N) is 2. The zero-order chi connectivity index (χ0) is 19.9. The van der Waals surface area contributed by atoms with Gasteiger partial charge in [0.1, 0.15) is 0 Å². The minimum absolute atomic E-state index is 0.118. The number of nitrogens with zero attached hydrogens (tertiary/aromatic N) is 3. The number of benzene rings is 3. The van der Waals surface area contributed by atoms with Gasteiger partial charge in [0.25, 0.3) is 0 Å². The Labute approximate surface area is 168 Å². The standard InChI is InChI=1S/C19H14FN5S.C2H6/c20-17-23-18(21-13-8-10-14(26)11-9-13)25-19(24-17)22-16-7-3-5-12-4-1-2-6-15(12)16;1-2/h1-11,26H,(H2,21,22,23,24,25);1-2H3. The van der Waals surface area contributed by atoms with E-state index in [1.54, 1.807) is 0 Å². The quantitative estimate of drug-likeness (QED) is 0.373. The number of halogens is 1. The van der Waals surface area contributed by atoms with Crippen molar-refractivity contribution in [2.45, 2.75) is 18.7 Å². The van der Waals surface area contributed by atoms with Crippen LogP contribution in [0.1, 0.15) is 13.8 Å². The summed E-state index contributed by atoms with van der Waals surface area (Å²) >= 11 is 4.24. The number of thiol groups is 1. The molecule has 0 saturated carbocycles. The molecule has 0 atom stereocenters. The molecule has 0 aliphatic heterocycles. The van der Waals surface area contributed by atoms with E-state index in [2.05, 4.69) is 38.2 Å². The Bertz CT molecular complexity index is 1060. The maximum Gasteiger partial charge on any atom is 0.315 e. The van der Waals surface area contributed by atoms with Crippen LogP contribution in [0.2, 0.25) is 0 Å². The van der Waals surface area contributed by atoms with Crippen LogP contribution in [0.25, 0.3) is 10.8 Å². The van der Waals surface area contributed by atoms with Crippen LogP contribution in [-0.2, 0) is 0 Å². The zero-order valence-corrected chi connectivity index (χ0v) is 16.4. The van der Waals surface area contributed by atoms with Crippen molar-refractivity contribution in [1.29, 1.82) is 0 Å². The van der Waals surface area contributed by atoms with Gasteiger partial charge in [-0.1, -0.05) is 50.2 Å². The number of hydrogen-bond donors (Lipinski definition) is 3. The van der Waals surface area contributed by atoms with E-state index < -0.39 is 6.08 Å². The third kappa shape index (κ3) is 4.75. The molecule has 0 saturated heterocycles. The highest BCUT2D eigenvalue weighted by molar-refractivity contribution is 7.80. The van der Waals surface area contributed by atoms with Crippen molar-refractivity contribution in [1.82, 2.24) is 15.0 Å². The minimum atomic E-state index is -0.865. The summed E-state index contributed by atoms with van der Waals surface area (Å²) in [5, 5.41) is 8.09. The fourth-order valence-electron chi connectivity index (χ4n) is 2.59. The van der Waals surface area contributed by atoms with Gasteiger partial charge in [0.2, 0.25) is 11.9 Å². The largest absolute Gasteiger partial charge is 0.324 e. The molecule has 0 aliphatic carbocycles. The molecule has 0 bridgehead atoms. The molecular formula is C21H20FN5S. The summed E-state index contributed by atoms with van der Waals surface area (Å²) < 4.78 is 13.9. The van der Waals surface area contributed by atoms with Crippen molar-refractivity contribution in [2.24, 2.45) is 0 Å². The number of fused-ring (bicyclic) bond motifs is 1. The molecule has 3 aromatic carbocycles. The zero-order valence-electron chi connectivity index (χ0n) is 15.5. The first-order valence-electron chi connectivity index (χ1n) is 8.90. The average Bonchev–Trinajstić information content (AvgIpc) is 2.71. The van der Waals surface area contributed by atoms with Crippen molar-refractivity contribution in [3.8, 4) is 0 Å². The van der Waals surface area contributed by atoms with Gasteiger partial charge in [-0.15, -0.1) is 12.6 Å². The number of anilines is 4. The van der Waals surface area contributed by atoms with Crippen LogP contribution < -0.4 is 10.6 Å². The van der Waals surface area contributed by atoms with Crippen LogP contribution in [0.15, 0.2) is 71.6 Å². The maximum atomic E-state index is 13.9. The van der Waals surface area contributed by atoms with Crippen LogP contribution in [-0.4, -0.2) is 15.0 Å². The highest BCUT2D eigenvalue weighted by Crippen LogP contribution is 2.25. The first-order valence-corrected chi connectivity index (χ1v) is 9.34. The monoisotopic (exact) mass is 393 g/mol. The van der Waals surface area contributed by atoms with Crippen LogP contribution in [0.3, 0.4) is 0 Å². The molecule has 0 amide bonds. The van der Waals surface area contributed by atoms with Gasteiger partial charge < -0.3 is 10.6 Å². The summed E-state index contributed by atoms with van der Waals surface area (Å²) in [7, 11) is 0. The smallest absolute Gasteiger partial charge is 0.315 e. The maximum absolute atomic E-state index is 13.9. The van der Waals surface area contributed by atoms with E-state index in [0.29, 0.717) is 0 Å². The summed E-state index contributed by atoms with van der Waals surface area (Å²) in [4.78, 5) is 12.5. The highest BCUT2D eigenvalue weighted by Gasteiger charge is 2.08. The molecule has 0 fully saturated rings. The van der Waals surface area contributed by atoms with Crippen LogP contribution >= 0.6 is 12.6 Å². The molecule has 0 spiro atoms. The van der Waals surface area contributed by atoms with Gasteiger partial charge in [0.15, 0.2) is 0 Å². The molecule has 0 radical (unpaired) electrons. The van der Waals surface area contributed by atoms with E-state index in [1.165, 1.54) is 0 Å². The molecule has 1 aromatic heterocycles. The van der Waals surface area contributed by atoms with E-state index in [1.807, 2.05) is 80.6 Å². The Kier molecular flexibility index (Phi) is 6.39. The van der Waals surface area contributed by atoms with E-state index in [9.17, 15) is 4.39 Å². The Morgan fingerprint density at radius 1 is 0.750 bits per heavy atom. The molecule has 0 unspecified atom stereocenters. The second kappa shape index (κ2) is 9.14. The number of hydrogen-bond acceptors (Lipinski definition) is 6. The fourth-order valence-corrected chi connectivity index (χ4v) is 2.74. The predicted octanol–water partition coefficient (Wildman–Crippen LogP) is 5.97. The van der Waals surface area contributed by atoms with E-state index in [0.717, 1.165) is 27.0 Å². The summed E-state index contributed by atoms with van der Waals surface area (Å²) in [5.74, 6) is 0.245. The first-order chi connectivity index (χ1) is 13.7. The molecule has 2 N–H and O–H groups in total. The molecule has 28 heavy (non-hydrogen) atoms. The summed E-state index contributed by atoms with van der Waals surface area (Å²) in [6.45, 7) is 4.00. The van der Waals surface area contributed by atoms with Crippen LogP contribution in [0, 0.1) is 6.08 Å². The Morgan fingerprint density at radius 3 is 2.14 bits per heavy atom. The third-order valence-electron chi connectivity index (χ3n) is 3.77. The van der Waals surface area contributed by atoms with Gasteiger partial charge in [0.05, 0.1) is 0 Å². The van der Waals surface area contributed by atoms with Gasteiger partial charge in [-0.2, -0.15) is 19.3 Å². The van der Waals surface area contributed by atoms with Gasteiger partial charge >= 0.3 is 6.08 Å². The average molecular weight is 393 g/mol. The Hall–Kier alpha value is -3.19. The lowest BCUT2D eigenvalue weighted by Gasteiger charge is -2.10. The second-order valence-electron chi connectivity index (χ2n) is 5.58. The normalized spacial score (nSPS) is 10.1. The van der Waals surface area contributed by atoms with E-state index >= 15 is 0 Å². The number of aromatic nitrogens is 3. The van der Waals surface area contributed by atoms with Gasteiger partial charge in [-0.3, -0.25) is 0 Å². The fraction of sp³-hybridized carbons (Fsp3) is 0.0952. The first kappa shape index (κ1) is 19.6. The van der Waals surface area contributed by atoms with Crippen molar-refractivity contribution in [3.63, 3.8) is 0 Å². The second-order valence-corrected chi connectivity index (χ2v) is 6.09. The van der Waals surface area contributed by atoms with Crippen molar-refractivity contribution < 1.29 is 4.39 Å². The lowest BCUT2D eigenvalue weighted by molar-refractivity contribution is 0.537. The highest BCUT2D eigenvalue weighted by atomic mass is 32.1. The van der Waals surface area contributed by atoms with Crippen molar-refractivity contribution in [2.75, 3.05) is 10.6 Å². The van der Waals surface area contributed by atoms with Crippen molar-refractivity contribution >= 4 is 46.7 Å². The SMILES string of the molecule is CC.Fc1nc(Nc2ccc(S)cc2)nc(Nc2cccc3ccccc23)n1.